The number of carboxylic acids is 2. The number of rotatable bonds is 4. The Morgan fingerprint density at radius 1 is 1.20 bits per heavy atom. The Labute approximate surface area is 148 Å². The van der Waals surface area contributed by atoms with E-state index in [1.165, 1.54) is 4.88 Å². The van der Waals surface area contributed by atoms with Gasteiger partial charge in [-0.1, -0.05) is 6.07 Å². The molecule has 0 amide bonds. The summed E-state index contributed by atoms with van der Waals surface area (Å²) in [6.07, 6.45) is 8.38. The van der Waals surface area contributed by atoms with Gasteiger partial charge in [0.05, 0.1) is 4.88 Å². The predicted molar refractivity (Wildman–Crippen MR) is 94.5 cm³/mol. The number of H-pyrrole nitrogens is 1. The zero-order chi connectivity index (χ0) is 18.7. The number of nitrogens with zero attached hydrogens (tertiary/aromatic N) is 3. The number of carboxylic acid groups (broad SMARTS) is 2. The van der Waals surface area contributed by atoms with Gasteiger partial charge in [0.15, 0.2) is 0 Å². The van der Waals surface area contributed by atoms with E-state index in [2.05, 4.69) is 31.0 Å². The minimum atomic E-state index is -0.833. The molecule has 0 aromatic carbocycles. The summed E-state index contributed by atoms with van der Waals surface area (Å²) in [6.45, 7) is 3.06. The summed E-state index contributed by atoms with van der Waals surface area (Å²) < 4.78 is 2.16. The normalized spacial score (nSPS) is 9.36. The van der Waals surface area contributed by atoms with E-state index < -0.39 is 11.9 Å². The van der Waals surface area contributed by atoms with E-state index in [0.29, 0.717) is 0 Å². The molecule has 0 bridgehead atoms. The molecule has 3 N–H and O–H groups in total. The lowest BCUT2D eigenvalue weighted by Gasteiger charge is -2.04. The molecule has 0 radical (unpaired) electrons. The molecule has 3 rings (SSSR count). The van der Waals surface area contributed by atoms with Crippen molar-refractivity contribution in [2.75, 3.05) is 0 Å². The molecule has 3 aromatic rings. The van der Waals surface area contributed by atoms with Crippen LogP contribution in [0.3, 0.4) is 0 Å². The molecule has 3 aromatic heterocycles. The molecule has 0 atom stereocenters. The SMILES string of the molecule is CC(=O)O.CC(=O)O.c1csc(-c2nccn2CCc2ncc[nH]2)c1. The van der Waals surface area contributed by atoms with Crippen LogP contribution in [-0.4, -0.2) is 41.7 Å². The van der Waals surface area contributed by atoms with Crippen LogP contribution in [0.2, 0.25) is 0 Å². The van der Waals surface area contributed by atoms with E-state index in [1.54, 1.807) is 17.5 Å². The van der Waals surface area contributed by atoms with Crippen molar-refractivity contribution in [1.29, 1.82) is 0 Å². The maximum atomic E-state index is 9.00. The molecule has 134 valence electrons. The van der Waals surface area contributed by atoms with E-state index in [0.717, 1.165) is 38.5 Å². The first kappa shape index (κ1) is 20.1. The lowest BCUT2D eigenvalue weighted by atomic mass is 10.4. The largest absolute Gasteiger partial charge is 0.481 e. The van der Waals surface area contributed by atoms with Crippen LogP contribution in [0.4, 0.5) is 0 Å². The Kier molecular flexibility index (Phi) is 8.66. The van der Waals surface area contributed by atoms with Gasteiger partial charge in [-0.15, -0.1) is 11.3 Å². The monoisotopic (exact) mass is 364 g/mol. The second-order valence-corrected chi connectivity index (χ2v) is 5.69. The maximum Gasteiger partial charge on any atom is 0.300 e. The van der Waals surface area contributed by atoms with Crippen LogP contribution in [0.1, 0.15) is 19.7 Å². The molecular formula is C16H20N4O4S. The number of thiophene rings is 1. The number of aryl methyl sites for hydroxylation is 2. The minimum absolute atomic E-state index is 0.833. The van der Waals surface area contributed by atoms with Crippen LogP contribution in [0, 0.1) is 0 Å². The first-order valence-corrected chi connectivity index (χ1v) is 8.20. The number of carbonyl (C=O) groups is 2. The molecule has 0 aliphatic rings. The Morgan fingerprint density at radius 3 is 2.40 bits per heavy atom. The van der Waals surface area contributed by atoms with Crippen molar-refractivity contribution in [3.05, 3.63) is 48.1 Å². The van der Waals surface area contributed by atoms with Crippen molar-refractivity contribution in [1.82, 2.24) is 19.5 Å². The molecule has 0 spiro atoms. The number of imidazole rings is 2. The van der Waals surface area contributed by atoms with Crippen molar-refractivity contribution in [2.45, 2.75) is 26.8 Å². The van der Waals surface area contributed by atoms with Crippen molar-refractivity contribution < 1.29 is 19.8 Å². The third-order valence-corrected chi connectivity index (χ3v) is 3.47. The molecule has 0 saturated heterocycles. The van der Waals surface area contributed by atoms with E-state index in [-0.39, 0.29) is 0 Å². The second-order valence-electron chi connectivity index (χ2n) is 4.75. The van der Waals surface area contributed by atoms with Crippen LogP contribution >= 0.6 is 11.3 Å². The number of hydrogen-bond acceptors (Lipinski definition) is 5. The molecule has 0 aliphatic heterocycles. The van der Waals surface area contributed by atoms with Crippen LogP contribution in [-0.2, 0) is 22.6 Å². The van der Waals surface area contributed by atoms with Crippen LogP contribution in [0.15, 0.2) is 42.3 Å². The van der Waals surface area contributed by atoms with Gasteiger partial charge in [-0.2, -0.15) is 0 Å². The minimum Gasteiger partial charge on any atom is -0.481 e. The van der Waals surface area contributed by atoms with Gasteiger partial charge >= 0.3 is 0 Å². The number of aromatic nitrogens is 4. The standard InChI is InChI=1S/C12H12N4S.2C2H4O2/c1-2-10(17-9-1)12-15-6-8-16(12)7-3-11-13-4-5-14-11;2*1-2(3)4/h1-2,4-6,8-9H,3,7H2,(H,13,14);2*1H3,(H,3,4). The van der Waals surface area contributed by atoms with Crippen molar-refractivity contribution >= 4 is 23.3 Å². The Morgan fingerprint density at radius 2 is 1.88 bits per heavy atom. The molecule has 25 heavy (non-hydrogen) atoms. The van der Waals surface area contributed by atoms with Crippen molar-refractivity contribution in [3.8, 4) is 10.7 Å². The fourth-order valence-corrected chi connectivity index (χ4v) is 2.52. The summed E-state index contributed by atoms with van der Waals surface area (Å²) in [5, 5.41) is 16.9. The fourth-order valence-electron chi connectivity index (χ4n) is 1.78. The Hall–Kier alpha value is -2.94. The molecule has 9 heteroatoms. The number of hydrogen-bond donors (Lipinski definition) is 3. The first-order chi connectivity index (χ1) is 11.9. The number of aliphatic carboxylic acids is 2. The zero-order valence-electron chi connectivity index (χ0n) is 13.9. The highest BCUT2D eigenvalue weighted by Gasteiger charge is 2.06. The van der Waals surface area contributed by atoms with Crippen molar-refractivity contribution in [3.63, 3.8) is 0 Å². The molecule has 0 fully saturated rings. The van der Waals surface area contributed by atoms with Gasteiger partial charge in [0.1, 0.15) is 11.6 Å². The first-order valence-electron chi connectivity index (χ1n) is 7.32. The smallest absolute Gasteiger partial charge is 0.300 e. The van der Waals surface area contributed by atoms with Crippen molar-refractivity contribution in [2.24, 2.45) is 0 Å². The predicted octanol–water partition coefficient (Wildman–Crippen LogP) is 2.76. The van der Waals surface area contributed by atoms with E-state index in [1.807, 2.05) is 24.7 Å². The summed E-state index contributed by atoms with van der Waals surface area (Å²) >= 11 is 1.71. The fraction of sp³-hybridized carbons (Fsp3) is 0.250. The second kappa shape index (κ2) is 10.8. The molecule has 0 unspecified atom stereocenters. The lowest BCUT2D eigenvalue weighted by molar-refractivity contribution is -0.135. The van der Waals surface area contributed by atoms with E-state index in [4.69, 9.17) is 19.8 Å². The third-order valence-electron chi connectivity index (χ3n) is 2.60. The van der Waals surface area contributed by atoms with Gasteiger partial charge in [0.25, 0.3) is 11.9 Å². The van der Waals surface area contributed by atoms with Gasteiger partial charge in [-0.3, -0.25) is 9.59 Å². The van der Waals surface area contributed by atoms with Gasteiger partial charge in [-0.05, 0) is 11.4 Å². The quantitative estimate of drug-likeness (QED) is 0.654. The van der Waals surface area contributed by atoms with Crippen LogP contribution in [0.25, 0.3) is 10.7 Å². The Balaban J connectivity index is 0.000000333. The van der Waals surface area contributed by atoms with Gasteiger partial charge in [0.2, 0.25) is 0 Å². The molecule has 3 heterocycles. The maximum absolute atomic E-state index is 9.00. The van der Waals surface area contributed by atoms with Gasteiger partial charge < -0.3 is 19.8 Å². The summed E-state index contributed by atoms with van der Waals surface area (Å²) in [6, 6.07) is 4.14. The average Bonchev–Trinajstić information content (AvgIpc) is 3.26. The lowest BCUT2D eigenvalue weighted by Crippen LogP contribution is -2.03. The Bertz CT molecular complexity index is 731. The average molecular weight is 364 g/mol. The van der Waals surface area contributed by atoms with E-state index in [9.17, 15) is 0 Å². The summed E-state index contributed by atoms with van der Waals surface area (Å²) in [4.78, 5) is 30.9. The van der Waals surface area contributed by atoms with Crippen LogP contribution < -0.4 is 0 Å². The highest BCUT2D eigenvalue weighted by Crippen LogP contribution is 2.22. The summed E-state index contributed by atoms with van der Waals surface area (Å²) in [7, 11) is 0. The third kappa shape index (κ3) is 8.47. The molecule has 8 nitrogen and oxygen atoms in total. The highest BCUT2D eigenvalue weighted by atomic mass is 32.1. The topological polar surface area (TPSA) is 121 Å². The van der Waals surface area contributed by atoms with Gasteiger partial charge in [0, 0.05) is 51.6 Å². The van der Waals surface area contributed by atoms with Gasteiger partial charge in [-0.25, -0.2) is 9.97 Å². The molecular weight excluding hydrogens is 344 g/mol. The highest BCUT2D eigenvalue weighted by molar-refractivity contribution is 7.13. The zero-order valence-corrected chi connectivity index (χ0v) is 14.7. The molecule has 0 saturated carbocycles. The van der Waals surface area contributed by atoms with E-state index >= 15 is 0 Å². The summed E-state index contributed by atoms with van der Waals surface area (Å²) in [5.41, 5.74) is 0. The number of nitrogens with one attached hydrogen (secondary N) is 1. The van der Waals surface area contributed by atoms with Crippen LogP contribution in [0.5, 0.6) is 0 Å². The molecule has 0 aliphatic carbocycles. The summed E-state index contributed by atoms with van der Waals surface area (Å²) in [5.74, 6) is 0.377. The number of aromatic amines is 1.